The minimum Gasteiger partial charge on any atom is -0.497 e. The van der Waals surface area contributed by atoms with Gasteiger partial charge in [-0.05, 0) is 43.6 Å². The molecule has 5 nitrogen and oxygen atoms in total. The Hall–Kier alpha value is -1.11. The van der Waals surface area contributed by atoms with Crippen molar-refractivity contribution >= 4 is 10.0 Å². The van der Waals surface area contributed by atoms with Crippen LogP contribution in [-0.4, -0.2) is 33.9 Å². The van der Waals surface area contributed by atoms with Gasteiger partial charge in [-0.2, -0.15) is 0 Å². The van der Waals surface area contributed by atoms with Crippen molar-refractivity contribution in [3.05, 3.63) is 29.8 Å². The van der Waals surface area contributed by atoms with Crippen LogP contribution in [0.2, 0.25) is 0 Å². The molecule has 0 aliphatic carbocycles. The van der Waals surface area contributed by atoms with Gasteiger partial charge in [-0.15, -0.1) is 0 Å². The third-order valence-electron chi connectivity index (χ3n) is 3.34. The highest BCUT2D eigenvalue weighted by atomic mass is 32.2. The predicted molar refractivity (Wildman–Crippen MR) is 74.6 cm³/mol. The molecule has 6 heteroatoms. The van der Waals surface area contributed by atoms with E-state index < -0.39 is 10.0 Å². The maximum atomic E-state index is 12.1. The van der Waals surface area contributed by atoms with Crippen molar-refractivity contribution in [3.63, 3.8) is 0 Å². The van der Waals surface area contributed by atoms with E-state index in [0.717, 1.165) is 24.4 Å². The van der Waals surface area contributed by atoms with Crippen molar-refractivity contribution in [1.82, 2.24) is 10.0 Å². The van der Waals surface area contributed by atoms with Crippen LogP contribution in [0.4, 0.5) is 0 Å². The zero-order valence-electron chi connectivity index (χ0n) is 11.1. The number of sulfonamides is 1. The first-order valence-corrected chi connectivity index (χ1v) is 7.98. The summed E-state index contributed by atoms with van der Waals surface area (Å²) in [5.74, 6) is 0.735. The Morgan fingerprint density at radius 3 is 2.79 bits per heavy atom. The summed E-state index contributed by atoms with van der Waals surface area (Å²) < 4.78 is 32.1. The van der Waals surface area contributed by atoms with Crippen molar-refractivity contribution in [2.75, 3.05) is 20.2 Å². The molecule has 1 saturated heterocycles. The molecule has 0 unspecified atom stereocenters. The van der Waals surface area contributed by atoms with Gasteiger partial charge < -0.3 is 10.1 Å². The molecule has 1 aliphatic rings. The second-order valence-corrected chi connectivity index (χ2v) is 6.71. The standard InChI is InChI=1S/C13H20N2O3S/c1-18-12-4-2-3-11(9-12)10-15-19(16,17)13-5-7-14-8-6-13/h2-4,9,13-15H,5-8,10H2,1H3. The van der Waals surface area contributed by atoms with Crippen LogP contribution >= 0.6 is 0 Å². The summed E-state index contributed by atoms with van der Waals surface area (Å²) in [6.45, 7) is 1.85. The highest BCUT2D eigenvalue weighted by molar-refractivity contribution is 7.90. The van der Waals surface area contributed by atoms with Crippen molar-refractivity contribution < 1.29 is 13.2 Å². The fourth-order valence-electron chi connectivity index (χ4n) is 2.19. The summed E-state index contributed by atoms with van der Waals surface area (Å²) in [7, 11) is -1.64. The summed E-state index contributed by atoms with van der Waals surface area (Å²) in [5, 5.41) is 2.89. The van der Waals surface area contributed by atoms with Gasteiger partial charge in [0, 0.05) is 6.54 Å². The van der Waals surface area contributed by atoms with E-state index in [9.17, 15) is 8.42 Å². The van der Waals surface area contributed by atoms with Gasteiger partial charge in [0.05, 0.1) is 12.4 Å². The molecule has 0 amide bonds. The molecule has 0 aromatic heterocycles. The molecular weight excluding hydrogens is 264 g/mol. The van der Waals surface area contributed by atoms with E-state index in [-0.39, 0.29) is 5.25 Å². The average Bonchev–Trinajstić information content (AvgIpc) is 2.46. The number of rotatable bonds is 5. The molecule has 1 aromatic rings. The molecule has 0 bridgehead atoms. The van der Waals surface area contributed by atoms with Crippen LogP contribution < -0.4 is 14.8 Å². The van der Waals surface area contributed by atoms with Crippen molar-refractivity contribution in [1.29, 1.82) is 0 Å². The van der Waals surface area contributed by atoms with E-state index in [1.54, 1.807) is 7.11 Å². The van der Waals surface area contributed by atoms with Gasteiger partial charge in [-0.1, -0.05) is 12.1 Å². The summed E-state index contributed by atoms with van der Waals surface area (Å²) >= 11 is 0. The molecule has 2 N–H and O–H groups in total. The normalized spacial score (nSPS) is 17.3. The fraction of sp³-hybridized carbons (Fsp3) is 0.538. The first-order valence-electron chi connectivity index (χ1n) is 6.44. The fourth-order valence-corrected chi connectivity index (χ4v) is 3.65. The number of hydrogen-bond donors (Lipinski definition) is 2. The Morgan fingerprint density at radius 1 is 1.37 bits per heavy atom. The largest absolute Gasteiger partial charge is 0.497 e. The Labute approximate surface area is 114 Å². The van der Waals surface area contributed by atoms with Gasteiger partial charge >= 0.3 is 0 Å². The van der Waals surface area contributed by atoms with Crippen molar-refractivity contribution in [2.45, 2.75) is 24.6 Å². The van der Waals surface area contributed by atoms with Crippen LogP contribution in [0.15, 0.2) is 24.3 Å². The maximum Gasteiger partial charge on any atom is 0.214 e. The smallest absolute Gasteiger partial charge is 0.214 e. The van der Waals surface area contributed by atoms with Crippen LogP contribution in [0.5, 0.6) is 5.75 Å². The van der Waals surface area contributed by atoms with Crippen LogP contribution in [0.3, 0.4) is 0 Å². The van der Waals surface area contributed by atoms with Crippen LogP contribution in [-0.2, 0) is 16.6 Å². The first kappa shape index (κ1) is 14.3. The third-order valence-corrected chi connectivity index (χ3v) is 5.23. The van der Waals surface area contributed by atoms with Crippen molar-refractivity contribution in [3.8, 4) is 5.75 Å². The van der Waals surface area contributed by atoms with E-state index in [4.69, 9.17) is 4.74 Å². The quantitative estimate of drug-likeness (QED) is 0.842. The lowest BCUT2D eigenvalue weighted by molar-refractivity contribution is 0.414. The summed E-state index contributed by atoms with van der Waals surface area (Å²) in [5.41, 5.74) is 0.900. The Morgan fingerprint density at radius 2 is 2.11 bits per heavy atom. The molecule has 0 saturated carbocycles. The number of hydrogen-bond acceptors (Lipinski definition) is 4. The van der Waals surface area contributed by atoms with Crippen LogP contribution in [0, 0.1) is 0 Å². The van der Waals surface area contributed by atoms with E-state index in [1.165, 1.54) is 0 Å². The molecule has 2 rings (SSSR count). The second-order valence-electron chi connectivity index (χ2n) is 4.67. The number of ether oxygens (including phenoxy) is 1. The van der Waals surface area contributed by atoms with E-state index in [0.29, 0.717) is 19.4 Å². The van der Waals surface area contributed by atoms with Gasteiger partial charge in [0.25, 0.3) is 0 Å². The molecular formula is C13H20N2O3S. The van der Waals surface area contributed by atoms with Gasteiger partial charge in [-0.25, -0.2) is 13.1 Å². The zero-order chi connectivity index (χ0) is 13.7. The minimum absolute atomic E-state index is 0.278. The first-order chi connectivity index (χ1) is 9.12. The highest BCUT2D eigenvalue weighted by Crippen LogP contribution is 2.15. The molecule has 1 fully saturated rings. The molecule has 19 heavy (non-hydrogen) atoms. The third kappa shape index (κ3) is 3.92. The van der Waals surface area contributed by atoms with Gasteiger partial charge in [0.2, 0.25) is 10.0 Å². The monoisotopic (exact) mass is 284 g/mol. The molecule has 1 aromatic carbocycles. The number of benzene rings is 1. The van der Waals surface area contributed by atoms with Crippen LogP contribution in [0.25, 0.3) is 0 Å². The number of nitrogens with one attached hydrogen (secondary N) is 2. The topological polar surface area (TPSA) is 67.4 Å². The summed E-state index contributed by atoms with van der Waals surface area (Å²) in [6.07, 6.45) is 1.35. The Bertz CT molecular complexity index is 510. The van der Waals surface area contributed by atoms with E-state index >= 15 is 0 Å². The van der Waals surface area contributed by atoms with E-state index in [1.807, 2.05) is 24.3 Å². The summed E-state index contributed by atoms with van der Waals surface area (Å²) in [6, 6.07) is 7.41. The molecule has 1 heterocycles. The van der Waals surface area contributed by atoms with E-state index in [2.05, 4.69) is 10.0 Å². The molecule has 1 aliphatic heterocycles. The minimum atomic E-state index is -3.23. The Balaban J connectivity index is 1.96. The lowest BCUT2D eigenvalue weighted by Gasteiger charge is -2.22. The van der Waals surface area contributed by atoms with Gasteiger partial charge in [0.1, 0.15) is 5.75 Å². The molecule has 0 spiro atoms. The Kier molecular flexibility index (Phi) is 4.79. The highest BCUT2D eigenvalue weighted by Gasteiger charge is 2.26. The molecule has 0 atom stereocenters. The van der Waals surface area contributed by atoms with Gasteiger partial charge in [0.15, 0.2) is 0 Å². The molecule has 106 valence electrons. The van der Waals surface area contributed by atoms with Crippen LogP contribution in [0.1, 0.15) is 18.4 Å². The average molecular weight is 284 g/mol. The maximum absolute atomic E-state index is 12.1. The lowest BCUT2D eigenvalue weighted by atomic mass is 10.2. The second kappa shape index (κ2) is 6.36. The lowest BCUT2D eigenvalue weighted by Crippen LogP contribution is -2.41. The predicted octanol–water partition coefficient (Wildman–Crippen LogP) is 0.867. The number of piperidine rings is 1. The SMILES string of the molecule is COc1cccc(CNS(=O)(=O)C2CCNCC2)c1. The summed E-state index contributed by atoms with van der Waals surface area (Å²) in [4.78, 5) is 0. The van der Waals surface area contributed by atoms with Gasteiger partial charge in [-0.3, -0.25) is 0 Å². The number of methoxy groups -OCH3 is 1. The van der Waals surface area contributed by atoms with Crippen molar-refractivity contribution in [2.24, 2.45) is 0 Å². The zero-order valence-corrected chi connectivity index (χ0v) is 11.9. The molecule has 0 radical (unpaired) electrons.